The highest BCUT2D eigenvalue weighted by molar-refractivity contribution is 5.88. The van der Waals surface area contributed by atoms with Crippen LogP contribution in [0.2, 0.25) is 0 Å². The van der Waals surface area contributed by atoms with Crippen LogP contribution >= 0.6 is 0 Å². The number of carboxylic acids is 1. The highest BCUT2D eigenvalue weighted by Gasteiger charge is 2.62. The number of fused-ring (bicyclic) bond motifs is 3. The molecule has 2 aromatic rings. The van der Waals surface area contributed by atoms with Crippen molar-refractivity contribution in [3.05, 3.63) is 70.3 Å². The number of aromatic carboxylic acids is 1. The van der Waals surface area contributed by atoms with E-state index in [-0.39, 0.29) is 17.2 Å². The minimum atomic E-state index is -0.917. The maximum Gasteiger partial charge on any atom is 0.335 e. The van der Waals surface area contributed by atoms with Crippen LogP contribution in [0.15, 0.2) is 42.5 Å². The fourth-order valence-corrected chi connectivity index (χ4v) is 5.02. The minimum Gasteiger partial charge on any atom is -0.478 e. The summed E-state index contributed by atoms with van der Waals surface area (Å²) < 4.78 is 0. The van der Waals surface area contributed by atoms with Crippen LogP contribution < -0.4 is 0 Å². The lowest BCUT2D eigenvalue weighted by Gasteiger charge is -2.30. The Morgan fingerprint density at radius 3 is 2.73 bits per heavy atom. The molecule has 4 nitrogen and oxygen atoms in total. The summed E-state index contributed by atoms with van der Waals surface area (Å²) >= 11 is 0. The summed E-state index contributed by atoms with van der Waals surface area (Å²) in [5, 5.41) is 9.21. The lowest BCUT2D eigenvalue weighted by Crippen LogP contribution is -2.38. The van der Waals surface area contributed by atoms with Gasteiger partial charge in [-0.1, -0.05) is 30.3 Å². The first kappa shape index (κ1) is 15.6. The molecule has 1 fully saturated rings. The van der Waals surface area contributed by atoms with Crippen molar-refractivity contribution in [2.24, 2.45) is 5.92 Å². The molecule has 4 heteroatoms. The minimum absolute atomic E-state index is 0.0663. The van der Waals surface area contributed by atoms with Crippen LogP contribution in [-0.4, -0.2) is 28.4 Å². The molecule has 26 heavy (non-hydrogen) atoms. The number of nitrogens with zero attached hydrogens (tertiary/aromatic N) is 1. The molecule has 1 spiro atoms. The molecule has 0 radical (unpaired) electrons. The fourth-order valence-electron chi connectivity index (χ4n) is 5.02. The van der Waals surface area contributed by atoms with Gasteiger partial charge in [0.15, 0.2) is 0 Å². The van der Waals surface area contributed by atoms with E-state index in [1.807, 2.05) is 11.0 Å². The summed E-state index contributed by atoms with van der Waals surface area (Å²) in [6.07, 6.45) is 3.92. The van der Waals surface area contributed by atoms with E-state index in [1.54, 1.807) is 12.1 Å². The number of amides is 1. The molecule has 5 rings (SSSR count). The summed E-state index contributed by atoms with van der Waals surface area (Å²) in [5.74, 6) is -0.580. The molecule has 2 aliphatic carbocycles. The van der Waals surface area contributed by atoms with Gasteiger partial charge in [-0.3, -0.25) is 4.79 Å². The highest BCUT2D eigenvalue weighted by Crippen LogP contribution is 2.62. The summed E-state index contributed by atoms with van der Waals surface area (Å²) in [5.41, 5.74) is 5.28. The SMILES string of the molecule is O=C(O)c1ccc2c(c1)CN(C(=O)C1CC13CCc1ccccc13)CC2. The second kappa shape index (κ2) is 5.44. The number of carbonyl (C=O) groups is 2. The van der Waals surface area contributed by atoms with E-state index in [2.05, 4.69) is 24.3 Å². The van der Waals surface area contributed by atoms with E-state index >= 15 is 0 Å². The summed E-state index contributed by atoms with van der Waals surface area (Å²) in [7, 11) is 0. The van der Waals surface area contributed by atoms with Gasteiger partial charge in [0.25, 0.3) is 0 Å². The van der Waals surface area contributed by atoms with E-state index in [0.29, 0.717) is 12.1 Å². The van der Waals surface area contributed by atoms with Crippen LogP contribution in [0.25, 0.3) is 0 Å². The molecule has 2 atom stereocenters. The van der Waals surface area contributed by atoms with E-state index < -0.39 is 5.97 Å². The van der Waals surface area contributed by atoms with Gasteiger partial charge in [-0.05, 0) is 60.1 Å². The van der Waals surface area contributed by atoms with E-state index in [1.165, 1.54) is 11.1 Å². The number of aryl methyl sites for hydroxylation is 1. The van der Waals surface area contributed by atoms with Crippen molar-refractivity contribution < 1.29 is 14.7 Å². The first-order chi connectivity index (χ1) is 12.6. The van der Waals surface area contributed by atoms with Crippen LogP contribution in [-0.2, 0) is 29.6 Å². The smallest absolute Gasteiger partial charge is 0.335 e. The average Bonchev–Trinajstić information content (AvgIpc) is 3.28. The third-order valence-electron chi connectivity index (χ3n) is 6.54. The van der Waals surface area contributed by atoms with Crippen LogP contribution in [0.1, 0.15) is 45.5 Å². The number of carbonyl (C=O) groups excluding carboxylic acids is 1. The van der Waals surface area contributed by atoms with Crippen molar-refractivity contribution in [3.63, 3.8) is 0 Å². The monoisotopic (exact) mass is 347 g/mol. The van der Waals surface area contributed by atoms with Crippen LogP contribution in [0, 0.1) is 5.92 Å². The largest absolute Gasteiger partial charge is 0.478 e. The van der Waals surface area contributed by atoms with Crippen molar-refractivity contribution in [2.45, 2.75) is 37.6 Å². The summed E-state index contributed by atoms with van der Waals surface area (Å²) in [4.78, 5) is 26.3. The molecule has 2 aromatic carbocycles. The molecule has 2 unspecified atom stereocenters. The second-order valence-corrected chi connectivity index (χ2v) is 7.87. The predicted molar refractivity (Wildman–Crippen MR) is 97.1 cm³/mol. The number of hydrogen-bond acceptors (Lipinski definition) is 2. The van der Waals surface area contributed by atoms with Crippen LogP contribution in [0.3, 0.4) is 0 Å². The van der Waals surface area contributed by atoms with Crippen molar-refractivity contribution >= 4 is 11.9 Å². The second-order valence-electron chi connectivity index (χ2n) is 7.87. The number of hydrogen-bond donors (Lipinski definition) is 1. The molecular formula is C22H21NO3. The average molecular weight is 347 g/mol. The number of carboxylic acid groups (broad SMARTS) is 1. The van der Waals surface area contributed by atoms with Gasteiger partial charge in [0.1, 0.15) is 0 Å². The maximum atomic E-state index is 13.2. The quantitative estimate of drug-likeness (QED) is 0.908. The molecule has 132 valence electrons. The van der Waals surface area contributed by atoms with Gasteiger partial charge < -0.3 is 10.0 Å². The highest BCUT2D eigenvalue weighted by atomic mass is 16.4. The molecular weight excluding hydrogens is 326 g/mol. The molecule has 1 N–H and O–H groups in total. The Kier molecular flexibility index (Phi) is 3.27. The predicted octanol–water partition coefficient (Wildman–Crippen LogP) is 3.17. The van der Waals surface area contributed by atoms with Gasteiger partial charge in [0.2, 0.25) is 5.91 Å². The Balaban J connectivity index is 1.37. The lowest BCUT2D eigenvalue weighted by atomic mass is 9.93. The van der Waals surface area contributed by atoms with E-state index in [4.69, 9.17) is 0 Å². The fraction of sp³-hybridized carbons (Fsp3) is 0.364. The molecule has 1 amide bonds. The molecule has 1 heterocycles. The molecule has 3 aliphatic rings. The third-order valence-corrected chi connectivity index (χ3v) is 6.54. The Bertz CT molecular complexity index is 935. The molecule has 0 bridgehead atoms. The van der Waals surface area contributed by atoms with Crippen LogP contribution in [0.5, 0.6) is 0 Å². The van der Waals surface area contributed by atoms with E-state index in [0.717, 1.165) is 43.4 Å². The van der Waals surface area contributed by atoms with Crippen LogP contribution in [0.4, 0.5) is 0 Å². The third kappa shape index (κ3) is 2.21. The standard InChI is InChI=1S/C22H21NO3/c24-20(19-12-22(19)9-7-15-3-1-2-4-18(15)22)23-10-8-14-5-6-16(21(25)26)11-17(14)13-23/h1-6,11,19H,7-10,12-13H2,(H,25,26). The van der Waals surface area contributed by atoms with Crippen molar-refractivity contribution in [1.29, 1.82) is 0 Å². The van der Waals surface area contributed by atoms with Gasteiger partial charge in [-0.15, -0.1) is 0 Å². The molecule has 1 saturated carbocycles. The zero-order chi connectivity index (χ0) is 17.9. The summed E-state index contributed by atoms with van der Waals surface area (Å²) in [6.45, 7) is 1.26. The molecule has 0 saturated heterocycles. The first-order valence-corrected chi connectivity index (χ1v) is 9.31. The van der Waals surface area contributed by atoms with Gasteiger partial charge in [0, 0.05) is 24.4 Å². The zero-order valence-electron chi connectivity index (χ0n) is 14.6. The van der Waals surface area contributed by atoms with Crippen molar-refractivity contribution in [3.8, 4) is 0 Å². The molecule has 1 aliphatic heterocycles. The topological polar surface area (TPSA) is 57.6 Å². The Morgan fingerprint density at radius 1 is 1.04 bits per heavy atom. The van der Waals surface area contributed by atoms with Gasteiger partial charge in [-0.25, -0.2) is 4.79 Å². The van der Waals surface area contributed by atoms with Gasteiger partial charge >= 0.3 is 5.97 Å². The first-order valence-electron chi connectivity index (χ1n) is 9.31. The lowest BCUT2D eigenvalue weighted by molar-refractivity contribution is -0.134. The maximum absolute atomic E-state index is 13.2. The summed E-state index contributed by atoms with van der Waals surface area (Å²) in [6, 6.07) is 13.8. The van der Waals surface area contributed by atoms with Gasteiger partial charge in [0.05, 0.1) is 5.56 Å². The Hall–Kier alpha value is -2.62. The number of rotatable bonds is 2. The number of benzene rings is 2. The normalized spacial score (nSPS) is 25.7. The molecule has 0 aromatic heterocycles. The van der Waals surface area contributed by atoms with E-state index in [9.17, 15) is 14.7 Å². The van der Waals surface area contributed by atoms with Gasteiger partial charge in [-0.2, -0.15) is 0 Å². The van der Waals surface area contributed by atoms with Crippen molar-refractivity contribution in [1.82, 2.24) is 4.90 Å². The Labute approximate surface area is 152 Å². The zero-order valence-corrected chi connectivity index (χ0v) is 14.6. The Morgan fingerprint density at radius 2 is 1.88 bits per heavy atom. The van der Waals surface area contributed by atoms with Crippen molar-refractivity contribution in [2.75, 3.05) is 6.54 Å².